The lowest BCUT2D eigenvalue weighted by Crippen LogP contribution is -2.52. The first-order valence-electron chi connectivity index (χ1n) is 13.3. The number of rotatable bonds is 12. The normalized spacial score (nSPS) is 17.8. The zero-order valence-electron chi connectivity index (χ0n) is 23.5. The largest absolute Gasteiger partial charge is 0.493 e. The zero-order valence-corrected chi connectivity index (χ0v) is 23.5. The Morgan fingerprint density at radius 1 is 1.05 bits per heavy atom. The molecule has 4 rings (SSSR count). The van der Waals surface area contributed by atoms with E-state index >= 15 is 0 Å². The minimum absolute atomic E-state index is 0.0344. The maximum Gasteiger partial charge on any atom is 0.248 e. The van der Waals surface area contributed by atoms with Crippen LogP contribution in [0.15, 0.2) is 48.8 Å². The zero-order chi connectivity index (χ0) is 29.4. The summed E-state index contributed by atoms with van der Waals surface area (Å²) in [6, 6.07) is 8.44. The second kappa shape index (κ2) is 13.7. The van der Waals surface area contributed by atoms with Gasteiger partial charge in [0.1, 0.15) is 42.8 Å². The van der Waals surface area contributed by atoms with Gasteiger partial charge in [-0.1, -0.05) is 6.07 Å². The molecule has 3 aromatic rings. The third-order valence-electron chi connectivity index (χ3n) is 6.63. The van der Waals surface area contributed by atoms with E-state index in [0.29, 0.717) is 44.3 Å². The molecule has 2 aromatic carbocycles. The molecule has 2 heterocycles. The predicted octanol–water partition coefficient (Wildman–Crippen LogP) is 2.66. The first-order valence-corrected chi connectivity index (χ1v) is 13.3. The maximum absolute atomic E-state index is 13.7. The van der Waals surface area contributed by atoms with Crippen LogP contribution in [0, 0.1) is 18.6 Å². The van der Waals surface area contributed by atoms with Crippen LogP contribution in [0.25, 0.3) is 0 Å². The van der Waals surface area contributed by atoms with Crippen LogP contribution >= 0.6 is 0 Å². The van der Waals surface area contributed by atoms with Gasteiger partial charge < -0.3 is 29.0 Å². The van der Waals surface area contributed by atoms with E-state index in [1.807, 2.05) is 36.2 Å². The molecule has 222 valence electrons. The average Bonchev–Trinajstić information content (AvgIpc) is 3.26. The van der Waals surface area contributed by atoms with Gasteiger partial charge in [-0.05, 0) is 30.2 Å². The fourth-order valence-electron chi connectivity index (χ4n) is 4.75. The molecular formula is C29H36F2N4O6. The van der Waals surface area contributed by atoms with Crippen LogP contribution in [0.2, 0.25) is 0 Å². The molecule has 0 saturated carbocycles. The number of nitrogens with zero attached hydrogens (tertiary/aromatic N) is 4. The molecule has 0 spiro atoms. The highest BCUT2D eigenvalue weighted by Gasteiger charge is 2.37. The summed E-state index contributed by atoms with van der Waals surface area (Å²) in [6.45, 7) is 3.87. The molecule has 0 bridgehead atoms. The van der Waals surface area contributed by atoms with E-state index in [4.69, 9.17) is 18.9 Å². The highest BCUT2D eigenvalue weighted by Crippen LogP contribution is 2.29. The molecule has 1 fully saturated rings. The Hall–Kier alpha value is -3.74. The summed E-state index contributed by atoms with van der Waals surface area (Å²) < 4.78 is 51.3. The highest BCUT2D eigenvalue weighted by molar-refractivity contribution is 5.77. The molecule has 1 aliphatic heterocycles. The number of β-amino-alcohol motifs (C(OH)–C–C–N with tert-alkyl or cyclic N) is 1. The SMILES string of the molecule is COCC(=O)N1CCN(Cc2ccc(OC)c(OCCn3cc(C)cn3)c2)CC(O)(COc2cc(F)cc(F)c2)C1. The monoisotopic (exact) mass is 574 g/mol. The molecule has 1 amide bonds. The van der Waals surface area contributed by atoms with Gasteiger partial charge in [-0.3, -0.25) is 14.4 Å². The number of carbonyl (C=O) groups is 1. The van der Waals surface area contributed by atoms with Crippen LogP contribution in [0.5, 0.6) is 17.2 Å². The minimum atomic E-state index is -1.53. The van der Waals surface area contributed by atoms with E-state index in [9.17, 15) is 18.7 Å². The Kier molecular flexibility index (Phi) is 10.1. The van der Waals surface area contributed by atoms with E-state index < -0.39 is 17.2 Å². The van der Waals surface area contributed by atoms with Crippen molar-refractivity contribution in [2.75, 3.05) is 60.2 Å². The van der Waals surface area contributed by atoms with E-state index in [-0.39, 0.29) is 38.0 Å². The van der Waals surface area contributed by atoms with Gasteiger partial charge >= 0.3 is 0 Å². The van der Waals surface area contributed by atoms with Gasteiger partial charge in [0, 0.05) is 57.7 Å². The summed E-state index contributed by atoms with van der Waals surface area (Å²) in [5.41, 5.74) is 0.442. The van der Waals surface area contributed by atoms with Crippen molar-refractivity contribution in [3.05, 3.63) is 71.6 Å². The molecule has 1 atom stereocenters. The molecule has 0 radical (unpaired) electrons. The number of hydrogen-bond donors (Lipinski definition) is 1. The molecule has 1 unspecified atom stereocenters. The van der Waals surface area contributed by atoms with Gasteiger partial charge in [0.15, 0.2) is 11.5 Å². The van der Waals surface area contributed by atoms with Crippen LogP contribution in [0.1, 0.15) is 11.1 Å². The number of carbonyl (C=O) groups excluding carboxylic acids is 1. The number of aromatic nitrogens is 2. The summed E-state index contributed by atoms with van der Waals surface area (Å²) in [4.78, 5) is 16.2. The standard InChI is InChI=1S/C29H36F2N4O6/c1-21-14-32-35(15-21)8-9-40-27-10-22(4-5-26(27)39-3)16-33-6-7-34(28(36)17-38-2)19-29(37,18-33)20-41-25-12-23(30)11-24(31)13-25/h4-5,10-15,37H,6-9,16-20H2,1-3H3. The Balaban J connectivity index is 1.47. The van der Waals surface area contributed by atoms with Crippen molar-refractivity contribution < 1.29 is 37.6 Å². The van der Waals surface area contributed by atoms with E-state index in [1.54, 1.807) is 18.0 Å². The summed E-state index contributed by atoms with van der Waals surface area (Å²) in [5, 5.41) is 15.9. The number of benzene rings is 2. The average molecular weight is 575 g/mol. The van der Waals surface area contributed by atoms with E-state index in [2.05, 4.69) is 5.10 Å². The predicted molar refractivity (Wildman–Crippen MR) is 146 cm³/mol. The van der Waals surface area contributed by atoms with Gasteiger partial charge in [-0.15, -0.1) is 0 Å². The fourth-order valence-corrected chi connectivity index (χ4v) is 4.75. The molecule has 1 saturated heterocycles. The van der Waals surface area contributed by atoms with Crippen molar-refractivity contribution in [2.24, 2.45) is 0 Å². The lowest BCUT2D eigenvalue weighted by atomic mass is 10.0. The second-order valence-electron chi connectivity index (χ2n) is 10.2. The number of methoxy groups -OCH3 is 2. The summed E-state index contributed by atoms with van der Waals surface area (Å²) in [6.07, 6.45) is 3.72. The smallest absolute Gasteiger partial charge is 0.248 e. The van der Waals surface area contributed by atoms with Crippen LogP contribution < -0.4 is 14.2 Å². The number of ether oxygens (including phenoxy) is 4. The van der Waals surface area contributed by atoms with Gasteiger partial charge in [0.25, 0.3) is 0 Å². The third-order valence-corrected chi connectivity index (χ3v) is 6.63. The van der Waals surface area contributed by atoms with Gasteiger partial charge in [-0.25, -0.2) is 8.78 Å². The van der Waals surface area contributed by atoms with Gasteiger partial charge in [0.05, 0.1) is 26.4 Å². The van der Waals surface area contributed by atoms with Crippen LogP contribution in [-0.4, -0.2) is 96.4 Å². The van der Waals surface area contributed by atoms with Crippen molar-refractivity contribution in [1.29, 1.82) is 0 Å². The minimum Gasteiger partial charge on any atom is -0.493 e. The van der Waals surface area contributed by atoms with Crippen molar-refractivity contribution in [3.8, 4) is 17.2 Å². The molecule has 1 N–H and O–H groups in total. The quantitative estimate of drug-likeness (QED) is 0.353. The highest BCUT2D eigenvalue weighted by atomic mass is 19.1. The summed E-state index contributed by atoms with van der Waals surface area (Å²) >= 11 is 0. The second-order valence-corrected chi connectivity index (χ2v) is 10.2. The van der Waals surface area contributed by atoms with Crippen LogP contribution in [-0.2, 0) is 22.6 Å². The lowest BCUT2D eigenvalue weighted by Gasteiger charge is -2.33. The Bertz CT molecular complexity index is 1300. The molecule has 41 heavy (non-hydrogen) atoms. The Labute approximate surface area is 238 Å². The molecule has 1 aliphatic rings. The van der Waals surface area contributed by atoms with E-state index in [0.717, 1.165) is 29.3 Å². The molecule has 10 nitrogen and oxygen atoms in total. The fraction of sp³-hybridized carbons (Fsp3) is 0.448. The first kappa shape index (κ1) is 30.2. The van der Waals surface area contributed by atoms with Crippen LogP contribution in [0.3, 0.4) is 0 Å². The van der Waals surface area contributed by atoms with Gasteiger partial charge in [-0.2, -0.15) is 5.10 Å². The van der Waals surface area contributed by atoms with Crippen molar-refractivity contribution in [3.63, 3.8) is 0 Å². The number of aryl methyl sites for hydroxylation is 1. The summed E-state index contributed by atoms with van der Waals surface area (Å²) in [5.74, 6) is -0.745. The maximum atomic E-state index is 13.7. The number of aliphatic hydroxyl groups is 1. The summed E-state index contributed by atoms with van der Waals surface area (Å²) in [7, 11) is 3.00. The van der Waals surface area contributed by atoms with Crippen molar-refractivity contribution in [2.45, 2.75) is 25.6 Å². The number of amides is 1. The number of halogens is 2. The van der Waals surface area contributed by atoms with Crippen molar-refractivity contribution >= 4 is 5.91 Å². The topological polar surface area (TPSA) is 98.5 Å². The van der Waals surface area contributed by atoms with Gasteiger partial charge in [0.2, 0.25) is 5.91 Å². The van der Waals surface area contributed by atoms with Crippen molar-refractivity contribution in [1.82, 2.24) is 19.6 Å². The Morgan fingerprint density at radius 2 is 1.83 bits per heavy atom. The lowest BCUT2D eigenvalue weighted by molar-refractivity contribution is -0.138. The Morgan fingerprint density at radius 3 is 2.51 bits per heavy atom. The van der Waals surface area contributed by atoms with E-state index in [1.165, 1.54) is 12.0 Å². The van der Waals surface area contributed by atoms with Crippen LogP contribution in [0.4, 0.5) is 8.78 Å². The molecule has 0 aliphatic carbocycles. The third kappa shape index (κ3) is 8.62. The number of hydrogen-bond acceptors (Lipinski definition) is 8. The molecular weight excluding hydrogens is 538 g/mol. The first-order chi connectivity index (χ1) is 19.7. The molecule has 12 heteroatoms. The molecule has 1 aromatic heterocycles.